The van der Waals surface area contributed by atoms with Gasteiger partial charge in [-0.1, -0.05) is 67.1 Å². The summed E-state index contributed by atoms with van der Waals surface area (Å²) in [7, 11) is 0. The summed E-state index contributed by atoms with van der Waals surface area (Å²) in [5.74, 6) is 0.580. The van der Waals surface area contributed by atoms with Gasteiger partial charge >= 0.3 is 0 Å². The Labute approximate surface area is 150 Å². The molecular formula is C20H25ClN2O. The lowest BCUT2D eigenvalue weighted by Crippen LogP contribution is -2.37. The highest BCUT2D eigenvalue weighted by Crippen LogP contribution is 2.37. The molecule has 2 unspecified atom stereocenters. The minimum atomic E-state index is -0.256. The lowest BCUT2D eigenvalue weighted by atomic mass is 9.77. The van der Waals surface area contributed by atoms with Gasteiger partial charge in [-0.2, -0.15) is 0 Å². The molecule has 3 rings (SSSR count). The second-order valence-electron chi connectivity index (χ2n) is 6.37. The van der Waals surface area contributed by atoms with Crippen molar-refractivity contribution in [3.05, 3.63) is 71.8 Å². The molecule has 1 aliphatic carbocycles. The van der Waals surface area contributed by atoms with Crippen LogP contribution in [0.1, 0.15) is 48.9 Å². The number of carbonyl (C=O) groups excluding carboxylic acids is 1. The number of nitrogens with two attached hydrogens (primary N) is 1. The van der Waals surface area contributed by atoms with Crippen LogP contribution in [0.15, 0.2) is 60.7 Å². The van der Waals surface area contributed by atoms with E-state index in [1.54, 1.807) is 0 Å². The maximum Gasteiger partial charge on any atom is 0.222 e. The van der Waals surface area contributed by atoms with Gasteiger partial charge in [0.25, 0.3) is 0 Å². The molecule has 1 fully saturated rings. The Balaban J connectivity index is 0.00000208. The van der Waals surface area contributed by atoms with Gasteiger partial charge < -0.3 is 11.1 Å². The maximum atomic E-state index is 12.5. The summed E-state index contributed by atoms with van der Waals surface area (Å²) >= 11 is 0. The number of benzene rings is 2. The Morgan fingerprint density at radius 3 is 2.04 bits per heavy atom. The molecule has 1 saturated carbocycles. The van der Waals surface area contributed by atoms with Crippen molar-refractivity contribution in [2.24, 2.45) is 11.7 Å². The molecule has 0 bridgehead atoms. The fourth-order valence-electron chi connectivity index (χ4n) is 3.16. The molecule has 1 amide bonds. The van der Waals surface area contributed by atoms with Crippen LogP contribution in [0.25, 0.3) is 0 Å². The molecular weight excluding hydrogens is 320 g/mol. The fraction of sp³-hybridized carbons (Fsp3) is 0.350. The van der Waals surface area contributed by atoms with E-state index in [-0.39, 0.29) is 30.4 Å². The van der Waals surface area contributed by atoms with Crippen molar-refractivity contribution < 1.29 is 4.79 Å². The van der Waals surface area contributed by atoms with Crippen LogP contribution in [0.2, 0.25) is 0 Å². The van der Waals surface area contributed by atoms with Crippen LogP contribution in [0.4, 0.5) is 0 Å². The number of halogens is 1. The van der Waals surface area contributed by atoms with Crippen molar-refractivity contribution in [1.82, 2.24) is 5.32 Å². The molecule has 0 saturated heterocycles. The largest absolute Gasteiger partial charge is 0.349 e. The Bertz CT molecular complexity index is 629. The first-order valence-electron chi connectivity index (χ1n) is 8.39. The summed E-state index contributed by atoms with van der Waals surface area (Å²) in [6.07, 6.45) is 3.95. The highest BCUT2D eigenvalue weighted by Gasteiger charge is 2.29. The second-order valence-corrected chi connectivity index (χ2v) is 6.37. The van der Waals surface area contributed by atoms with Gasteiger partial charge in [0, 0.05) is 12.5 Å². The molecule has 2 aromatic carbocycles. The molecule has 2 aromatic rings. The third-order valence-corrected chi connectivity index (χ3v) is 4.73. The van der Waals surface area contributed by atoms with Gasteiger partial charge in [0.05, 0.1) is 6.04 Å². The molecule has 24 heavy (non-hydrogen) atoms. The van der Waals surface area contributed by atoms with Gasteiger partial charge in [0.2, 0.25) is 5.91 Å². The summed E-state index contributed by atoms with van der Waals surface area (Å²) in [4.78, 5) is 12.5. The van der Waals surface area contributed by atoms with Crippen LogP contribution in [-0.4, -0.2) is 5.91 Å². The lowest BCUT2D eigenvalue weighted by Gasteiger charge is -2.35. The van der Waals surface area contributed by atoms with Crippen molar-refractivity contribution in [2.75, 3.05) is 0 Å². The normalized spacial score (nSPS) is 16.4. The minimum absolute atomic E-state index is 0. The summed E-state index contributed by atoms with van der Waals surface area (Å²) in [6, 6.07) is 19.9. The summed E-state index contributed by atoms with van der Waals surface area (Å²) in [5.41, 5.74) is 8.37. The smallest absolute Gasteiger partial charge is 0.222 e. The highest BCUT2D eigenvalue weighted by molar-refractivity contribution is 5.85. The van der Waals surface area contributed by atoms with Gasteiger partial charge in [-0.3, -0.25) is 4.79 Å². The Kier molecular flexibility index (Phi) is 6.83. The van der Waals surface area contributed by atoms with Crippen LogP contribution < -0.4 is 11.1 Å². The van der Waals surface area contributed by atoms with Gasteiger partial charge in [-0.25, -0.2) is 0 Å². The SMILES string of the molecule is Cl.NC(CC(=O)NC(c1ccccc1)C1CCC1)c1ccccc1. The number of hydrogen-bond donors (Lipinski definition) is 2. The quantitative estimate of drug-likeness (QED) is 0.826. The van der Waals surface area contributed by atoms with E-state index in [1.165, 1.54) is 24.8 Å². The van der Waals surface area contributed by atoms with Crippen molar-refractivity contribution in [1.29, 1.82) is 0 Å². The van der Waals surface area contributed by atoms with Crippen LogP contribution in [0.3, 0.4) is 0 Å². The first-order valence-corrected chi connectivity index (χ1v) is 8.39. The zero-order valence-corrected chi connectivity index (χ0v) is 14.5. The van der Waals surface area contributed by atoms with Crippen LogP contribution in [0, 0.1) is 5.92 Å². The molecule has 4 heteroatoms. The summed E-state index contributed by atoms with van der Waals surface area (Å²) < 4.78 is 0. The molecule has 3 nitrogen and oxygen atoms in total. The monoisotopic (exact) mass is 344 g/mol. The molecule has 2 atom stereocenters. The van der Waals surface area contributed by atoms with Crippen LogP contribution in [0.5, 0.6) is 0 Å². The van der Waals surface area contributed by atoms with Crippen molar-refractivity contribution in [2.45, 2.75) is 37.8 Å². The molecule has 128 valence electrons. The molecule has 1 aliphatic rings. The molecule has 0 aromatic heterocycles. The number of carbonyl (C=O) groups is 1. The van der Waals surface area contributed by atoms with Crippen molar-refractivity contribution in [3.63, 3.8) is 0 Å². The first kappa shape index (κ1) is 18.5. The molecule has 0 spiro atoms. The van der Waals surface area contributed by atoms with Gasteiger partial charge in [0.15, 0.2) is 0 Å². The Morgan fingerprint density at radius 2 is 1.54 bits per heavy atom. The van der Waals surface area contributed by atoms with E-state index < -0.39 is 0 Å². The number of amides is 1. The molecule has 0 heterocycles. The van der Waals surface area contributed by atoms with E-state index in [0.29, 0.717) is 12.3 Å². The minimum Gasteiger partial charge on any atom is -0.349 e. The van der Waals surface area contributed by atoms with Crippen molar-refractivity contribution >= 4 is 18.3 Å². The number of nitrogens with one attached hydrogen (secondary N) is 1. The van der Waals surface area contributed by atoms with E-state index in [0.717, 1.165) is 5.56 Å². The first-order chi connectivity index (χ1) is 11.2. The van der Waals surface area contributed by atoms with Gasteiger partial charge in [0.1, 0.15) is 0 Å². The average Bonchev–Trinajstić information content (AvgIpc) is 2.54. The third kappa shape index (κ3) is 4.59. The fourth-order valence-corrected chi connectivity index (χ4v) is 3.16. The predicted molar refractivity (Wildman–Crippen MR) is 99.9 cm³/mol. The molecule has 0 aliphatic heterocycles. The number of hydrogen-bond acceptors (Lipinski definition) is 2. The van der Waals surface area contributed by atoms with Crippen LogP contribution in [-0.2, 0) is 4.79 Å². The summed E-state index contributed by atoms with van der Waals surface area (Å²) in [5, 5.41) is 3.22. The Morgan fingerprint density at radius 1 is 1.00 bits per heavy atom. The van der Waals surface area contributed by atoms with Gasteiger partial charge in [-0.05, 0) is 29.9 Å². The second kappa shape index (κ2) is 8.86. The van der Waals surface area contributed by atoms with Crippen molar-refractivity contribution in [3.8, 4) is 0 Å². The van der Waals surface area contributed by atoms with E-state index in [2.05, 4.69) is 17.4 Å². The van der Waals surface area contributed by atoms with E-state index >= 15 is 0 Å². The molecule has 0 radical (unpaired) electrons. The molecule has 3 N–H and O–H groups in total. The Hall–Kier alpha value is -1.84. The van der Waals surface area contributed by atoms with Crippen LogP contribution >= 0.6 is 12.4 Å². The van der Waals surface area contributed by atoms with Gasteiger partial charge in [-0.15, -0.1) is 12.4 Å². The topological polar surface area (TPSA) is 55.1 Å². The van der Waals surface area contributed by atoms with E-state index in [4.69, 9.17) is 5.73 Å². The highest BCUT2D eigenvalue weighted by atomic mass is 35.5. The van der Waals surface area contributed by atoms with E-state index in [9.17, 15) is 4.79 Å². The number of rotatable bonds is 6. The summed E-state index contributed by atoms with van der Waals surface area (Å²) in [6.45, 7) is 0. The van der Waals surface area contributed by atoms with E-state index in [1.807, 2.05) is 48.5 Å². The lowest BCUT2D eigenvalue weighted by molar-refractivity contribution is -0.122. The zero-order valence-electron chi connectivity index (χ0n) is 13.7. The standard InChI is InChI=1S/C20H24N2O.ClH/c21-18(15-8-3-1-4-9-15)14-19(23)22-20(17-12-7-13-17)16-10-5-2-6-11-16;/h1-6,8-11,17-18,20H,7,12-14,21H2,(H,22,23);1H. The predicted octanol–water partition coefficient (Wildman–Crippen LogP) is 4.16. The maximum absolute atomic E-state index is 12.5. The third-order valence-electron chi connectivity index (χ3n) is 4.73. The zero-order chi connectivity index (χ0) is 16.1. The average molecular weight is 345 g/mol.